The third-order valence-electron chi connectivity index (χ3n) is 3.25. The van der Waals surface area contributed by atoms with E-state index in [4.69, 9.17) is 16.3 Å². The molecule has 1 heterocycles. The predicted molar refractivity (Wildman–Crippen MR) is 88.6 cm³/mol. The van der Waals surface area contributed by atoms with E-state index in [1.165, 1.54) is 0 Å². The molecule has 0 bridgehead atoms. The number of methoxy groups -OCH3 is 1. The van der Waals surface area contributed by atoms with Crippen LogP contribution in [0.4, 0.5) is 5.69 Å². The van der Waals surface area contributed by atoms with E-state index in [1.54, 1.807) is 19.2 Å². The molecule has 0 aromatic heterocycles. The van der Waals surface area contributed by atoms with Gasteiger partial charge < -0.3 is 10.1 Å². The first-order valence-corrected chi connectivity index (χ1v) is 7.42. The van der Waals surface area contributed by atoms with Gasteiger partial charge in [-0.2, -0.15) is 0 Å². The zero-order valence-corrected chi connectivity index (χ0v) is 13.5. The van der Waals surface area contributed by atoms with Gasteiger partial charge in [0.1, 0.15) is 5.75 Å². The largest absolute Gasteiger partial charge is 0.496 e. The van der Waals surface area contributed by atoms with Crippen LogP contribution >= 0.6 is 27.5 Å². The zero-order chi connectivity index (χ0) is 15.0. The summed E-state index contributed by atoms with van der Waals surface area (Å²) < 4.78 is 6.04. The van der Waals surface area contributed by atoms with Crippen molar-refractivity contribution in [3.05, 3.63) is 57.0 Å². The van der Waals surface area contributed by atoms with E-state index in [0.29, 0.717) is 10.6 Å². The normalized spacial score (nSPS) is 15.0. The van der Waals surface area contributed by atoms with Crippen LogP contribution in [0.25, 0.3) is 11.6 Å². The summed E-state index contributed by atoms with van der Waals surface area (Å²) in [6.45, 7) is 0. The lowest BCUT2D eigenvalue weighted by Crippen LogP contribution is -2.03. The van der Waals surface area contributed by atoms with Crippen LogP contribution in [-0.2, 0) is 4.79 Å². The number of ether oxygens (including phenoxy) is 1. The van der Waals surface area contributed by atoms with Crippen LogP contribution in [0.15, 0.2) is 40.9 Å². The van der Waals surface area contributed by atoms with Crippen LogP contribution in [0.5, 0.6) is 5.75 Å². The van der Waals surface area contributed by atoms with Crippen molar-refractivity contribution < 1.29 is 9.53 Å². The van der Waals surface area contributed by atoms with Gasteiger partial charge >= 0.3 is 0 Å². The lowest BCUT2D eigenvalue weighted by molar-refractivity contribution is -0.110. The molecule has 21 heavy (non-hydrogen) atoms. The minimum Gasteiger partial charge on any atom is -0.496 e. The topological polar surface area (TPSA) is 38.3 Å². The molecule has 0 fully saturated rings. The Labute approximate surface area is 135 Å². The molecule has 0 unspecified atom stereocenters. The second kappa shape index (κ2) is 5.54. The van der Waals surface area contributed by atoms with E-state index in [9.17, 15) is 4.79 Å². The fraction of sp³-hybridized carbons (Fsp3) is 0.0625. The average Bonchev–Trinajstić information content (AvgIpc) is 2.74. The van der Waals surface area contributed by atoms with Crippen molar-refractivity contribution in [1.29, 1.82) is 0 Å². The molecule has 3 rings (SSSR count). The molecule has 5 heteroatoms. The smallest absolute Gasteiger partial charge is 0.256 e. The molecule has 0 atom stereocenters. The maximum atomic E-state index is 12.1. The number of carbonyl (C=O) groups is 1. The average molecular weight is 365 g/mol. The van der Waals surface area contributed by atoms with Gasteiger partial charge in [-0.25, -0.2) is 0 Å². The monoisotopic (exact) mass is 363 g/mol. The van der Waals surface area contributed by atoms with Crippen LogP contribution in [0.1, 0.15) is 11.1 Å². The van der Waals surface area contributed by atoms with Gasteiger partial charge in [-0.1, -0.05) is 23.7 Å². The van der Waals surface area contributed by atoms with Crippen LogP contribution < -0.4 is 10.1 Å². The fourth-order valence-electron chi connectivity index (χ4n) is 2.25. The number of halogens is 2. The number of benzene rings is 2. The molecular formula is C16H11BrClNO2. The van der Waals surface area contributed by atoms with Gasteiger partial charge in [0.25, 0.3) is 5.91 Å². The second-order valence-electron chi connectivity index (χ2n) is 4.60. The molecule has 106 valence electrons. The van der Waals surface area contributed by atoms with Gasteiger partial charge in [-0.3, -0.25) is 4.79 Å². The van der Waals surface area contributed by atoms with Crippen molar-refractivity contribution in [2.24, 2.45) is 0 Å². The number of carbonyl (C=O) groups excluding carboxylic acids is 1. The number of rotatable bonds is 2. The molecule has 1 amide bonds. The maximum Gasteiger partial charge on any atom is 0.256 e. The highest BCUT2D eigenvalue weighted by molar-refractivity contribution is 9.10. The Morgan fingerprint density at radius 1 is 1.24 bits per heavy atom. The molecule has 3 nitrogen and oxygen atoms in total. The second-order valence-corrected chi connectivity index (χ2v) is 5.89. The standard InChI is InChI=1S/C16H11BrClNO2/c1-21-15-5-2-9(7-13(15)17)6-12-11-4-3-10(18)8-14(11)19-16(12)20/h2-8H,1H3,(H,19,20)/b12-6+. The molecule has 2 aromatic rings. The number of nitrogens with one attached hydrogen (secondary N) is 1. The molecule has 0 saturated heterocycles. The lowest BCUT2D eigenvalue weighted by atomic mass is 10.0. The van der Waals surface area contributed by atoms with Crippen LogP contribution in [0, 0.1) is 0 Å². The highest BCUT2D eigenvalue weighted by Crippen LogP contribution is 2.35. The summed E-state index contributed by atoms with van der Waals surface area (Å²) in [5.74, 6) is 0.624. The molecule has 0 radical (unpaired) electrons. The SMILES string of the molecule is COc1ccc(/C=C2/C(=O)Nc3cc(Cl)ccc32)cc1Br. The molecule has 0 spiro atoms. The van der Waals surface area contributed by atoms with E-state index in [-0.39, 0.29) is 5.91 Å². The number of anilines is 1. The van der Waals surface area contributed by atoms with Gasteiger partial charge in [0, 0.05) is 16.2 Å². The first-order valence-electron chi connectivity index (χ1n) is 6.25. The van der Waals surface area contributed by atoms with E-state index >= 15 is 0 Å². The van der Waals surface area contributed by atoms with Crippen molar-refractivity contribution in [2.75, 3.05) is 12.4 Å². The lowest BCUT2D eigenvalue weighted by Gasteiger charge is -2.04. The third kappa shape index (κ3) is 2.69. The third-order valence-corrected chi connectivity index (χ3v) is 4.11. The van der Waals surface area contributed by atoms with Crippen LogP contribution in [0.3, 0.4) is 0 Å². The van der Waals surface area contributed by atoms with E-state index in [0.717, 1.165) is 27.0 Å². The van der Waals surface area contributed by atoms with Crippen LogP contribution in [0.2, 0.25) is 5.02 Å². The van der Waals surface area contributed by atoms with Gasteiger partial charge in [-0.05, 0) is 51.8 Å². The summed E-state index contributed by atoms with van der Waals surface area (Å²) >= 11 is 9.38. The number of amides is 1. The molecule has 2 aromatic carbocycles. The Morgan fingerprint density at radius 2 is 2.05 bits per heavy atom. The summed E-state index contributed by atoms with van der Waals surface area (Å²) in [6, 6.07) is 11.0. The molecule has 0 aliphatic carbocycles. The van der Waals surface area contributed by atoms with E-state index < -0.39 is 0 Å². The highest BCUT2D eigenvalue weighted by Gasteiger charge is 2.24. The molecule has 1 N–H and O–H groups in total. The Bertz CT molecular complexity index is 771. The first kappa shape index (κ1) is 14.2. The van der Waals surface area contributed by atoms with Crippen molar-refractivity contribution in [1.82, 2.24) is 0 Å². The minimum absolute atomic E-state index is 0.126. The Kier molecular flexibility index (Phi) is 3.74. The zero-order valence-electron chi connectivity index (χ0n) is 11.1. The van der Waals surface area contributed by atoms with Crippen molar-refractivity contribution in [2.45, 2.75) is 0 Å². The number of fused-ring (bicyclic) bond motifs is 1. The first-order chi connectivity index (χ1) is 10.1. The maximum absolute atomic E-state index is 12.1. The van der Waals surface area contributed by atoms with E-state index in [1.807, 2.05) is 30.3 Å². The van der Waals surface area contributed by atoms with Gasteiger partial charge in [0.2, 0.25) is 0 Å². The van der Waals surface area contributed by atoms with Crippen LogP contribution in [-0.4, -0.2) is 13.0 Å². The Morgan fingerprint density at radius 3 is 2.76 bits per heavy atom. The molecule has 1 aliphatic heterocycles. The van der Waals surface area contributed by atoms with Crippen molar-refractivity contribution >= 4 is 50.8 Å². The molecule has 0 saturated carbocycles. The van der Waals surface area contributed by atoms with Crippen molar-refractivity contribution in [3.8, 4) is 5.75 Å². The Balaban J connectivity index is 2.04. The quantitative estimate of drug-likeness (QED) is 0.791. The van der Waals surface area contributed by atoms with E-state index in [2.05, 4.69) is 21.2 Å². The summed E-state index contributed by atoms with van der Waals surface area (Å²) in [6.07, 6.45) is 1.85. The Hall–Kier alpha value is -1.78. The minimum atomic E-state index is -0.126. The predicted octanol–water partition coefficient (Wildman–Crippen LogP) is 4.60. The van der Waals surface area contributed by atoms with Crippen molar-refractivity contribution in [3.63, 3.8) is 0 Å². The fourth-order valence-corrected chi connectivity index (χ4v) is 2.98. The van der Waals surface area contributed by atoms with Gasteiger partial charge in [0.15, 0.2) is 0 Å². The summed E-state index contributed by atoms with van der Waals surface area (Å²) in [5, 5.41) is 3.42. The van der Waals surface area contributed by atoms with Gasteiger partial charge in [0.05, 0.1) is 17.3 Å². The number of hydrogen-bond acceptors (Lipinski definition) is 2. The summed E-state index contributed by atoms with van der Waals surface area (Å²) in [4.78, 5) is 12.1. The number of hydrogen-bond donors (Lipinski definition) is 1. The molecule has 1 aliphatic rings. The summed E-state index contributed by atoms with van der Waals surface area (Å²) in [5.41, 5.74) is 3.14. The van der Waals surface area contributed by atoms with Gasteiger partial charge in [-0.15, -0.1) is 0 Å². The molecular weight excluding hydrogens is 354 g/mol. The highest BCUT2D eigenvalue weighted by atomic mass is 79.9. The summed E-state index contributed by atoms with van der Waals surface area (Å²) in [7, 11) is 1.61.